The first-order valence-corrected chi connectivity index (χ1v) is 5.67. The average molecular weight is 231 g/mol. The minimum absolute atomic E-state index is 0.125. The molecule has 4 nitrogen and oxygen atoms in total. The summed E-state index contributed by atoms with van der Waals surface area (Å²) in [5.41, 5.74) is 3.11. The molecule has 1 heterocycles. The molecule has 0 aliphatic heterocycles. The predicted molar refractivity (Wildman–Crippen MR) is 67.8 cm³/mol. The number of aromatic nitrogens is 2. The van der Waals surface area contributed by atoms with E-state index in [2.05, 4.69) is 20.9 Å². The Bertz CT molecular complexity index is 530. The van der Waals surface area contributed by atoms with Crippen molar-refractivity contribution in [2.45, 2.75) is 19.4 Å². The van der Waals surface area contributed by atoms with Crippen molar-refractivity contribution in [2.24, 2.45) is 0 Å². The molecule has 2 aromatic rings. The van der Waals surface area contributed by atoms with Crippen molar-refractivity contribution in [1.82, 2.24) is 14.9 Å². The topological polar surface area (TPSA) is 49.0 Å². The molecule has 2 rings (SSSR count). The zero-order valence-corrected chi connectivity index (χ0v) is 10.4. The standard InChI is InChI=1S/C13H17N3O/c1-9(17)6-13(16(2)3)10-4-5-11-12(7-10)15-8-14-11/h4-5,7-8,13H,6H2,1-3H3,(H,14,15). The van der Waals surface area contributed by atoms with Gasteiger partial charge in [-0.1, -0.05) is 6.07 Å². The van der Waals surface area contributed by atoms with E-state index in [1.807, 2.05) is 26.2 Å². The number of carbonyl (C=O) groups excluding carboxylic acids is 1. The fourth-order valence-electron chi connectivity index (χ4n) is 2.03. The summed E-state index contributed by atoms with van der Waals surface area (Å²) in [4.78, 5) is 20.6. The summed E-state index contributed by atoms with van der Waals surface area (Å²) in [5.74, 6) is 0.202. The van der Waals surface area contributed by atoms with Crippen molar-refractivity contribution in [3.8, 4) is 0 Å². The molecular weight excluding hydrogens is 214 g/mol. The van der Waals surface area contributed by atoms with Gasteiger partial charge in [-0.2, -0.15) is 0 Å². The predicted octanol–water partition coefficient (Wildman–Crippen LogP) is 2.14. The van der Waals surface area contributed by atoms with Gasteiger partial charge in [-0.3, -0.25) is 4.79 Å². The van der Waals surface area contributed by atoms with Gasteiger partial charge in [0.2, 0.25) is 0 Å². The molecule has 1 atom stereocenters. The van der Waals surface area contributed by atoms with Crippen LogP contribution in [-0.4, -0.2) is 34.7 Å². The van der Waals surface area contributed by atoms with E-state index in [9.17, 15) is 4.79 Å². The number of aromatic amines is 1. The number of carbonyl (C=O) groups is 1. The van der Waals surface area contributed by atoms with Crippen LogP contribution in [-0.2, 0) is 4.79 Å². The van der Waals surface area contributed by atoms with Crippen LogP contribution in [0, 0.1) is 0 Å². The zero-order valence-electron chi connectivity index (χ0n) is 10.4. The van der Waals surface area contributed by atoms with Crippen LogP contribution >= 0.6 is 0 Å². The normalized spacial score (nSPS) is 13.2. The lowest BCUT2D eigenvalue weighted by Crippen LogP contribution is -2.22. The lowest BCUT2D eigenvalue weighted by molar-refractivity contribution is -0.118. The van der Waals surface area contributed by atoms with Crippen LogP contribution < -0.4 is 0 Å². The Morgan fingerprint density at radius 1 is 1.47 bits per heavy atom. The molecule has 17 heavy (non-hydrogen) atoms. The summed E-state index contributed by atoms with van der Waals surface area (Å²) in [6, 6.07) is 6.21. The lowest BCUT2D eigenvalue weighted by atomic mass is 10.0. The van der Waals surface area contributed by atoms with E-state index in [4.69, 9.17) is 0 Å². The fraction of sp³-hybridized carbons (Fsp3) is 0.385. The second-order valence-electron chi connectivity index (χ2n) is 4.56. The summed E-state index contributed by atoms with van der Waals surface area (Å²) < 4.78 is 0. The van der Waals surface area contributed by atoms with Gasteiger partial charge in [0.05, 0.1) is 17.4 Å². The third-order valence-electron chi connectivity index (χ3n) is 2.93. The molecule has 0 aliphatic rings. The van der Waals surface area contributed by atoms with E-state index in [1.54, 1.807) is 13.3 Å². The van der Waals surface area contributed by atoms with Crippen molar-refractivity contribution in [3.05, 3.63) is 30.1 Å². The van der Waals surface area contributed by atoms with Gasteiger partial charge in [0.25, 0.3) is 0 Å². The second-order valence-corrected chi connectivity index (χ2v) is 4.56. The number of H-pyrrole nitrogens is 1. The Morgan fingerprint density at radius 3 is 2.88 bits per heavy atom. The Balaban J connectivity index is 2.37. The molecule has 0 radical (unpaired) electrons. The monoisotopic (exact) mass is 231 g/mol. The highest BCUT2D eigenvalue weighted by atomic mass is 16.1. The Labute approximate surface area is 101 Å². The number of rotatable bonds is 4. The molecule has 4 heteroatoms. The maximum absolute atomic E-state index is 11.3. The first-order chi connectivity index (χ1) is 8.08. The molecule has 1 aromatic carbocycles. The highest BCUT2D eigenvalue weighted by molar-refractivity contribution is 5.78. The van der Waals surface area contributed by atoms with Gasteiger partial charge in [0.1, 0.15) is 5.78 Å². The minimum atomic E-state index is 0.125. The summed E-state index contributed by atoms with van der Waals surface area (Å²) >= 11 is 0. The second kappa shape index (κ2) is 4.67. The van der Waals surface area contributed by atoms with Crippen molar-refractivity contribution < 1.29 is 4.79 Å². The van der Waals surface area contributed by atoms with Crippen LogP contribution in [0.3, 0.4) is 0 Å². The maximum atomic E-state index is 11.3. The average Bonchev–Trinajstić information content (AvgIpc) is 2.72. The van der Waals surface area contributed by atoms with E-state index < -0.39 is 0 Å². The van der Waals surface area contributed by atoms with Crippen LogP contribution in [0.5, 0.6) is 0 Å². The number of benzene rings is 1. The largest absolute Gasteiger partial charge is 0.345 e. The lowest BCUT2D eigenvalue weighted by Gasteiger charge is -2.23. The van der Waals surface area contributed by atoms with E-state index in [1.165, 1.54) is 0 Å². The van der Waals surface area contributed by atoms with Crippen LogP contribution in [0.1, 0.15) is 24.9 Å². The van der Waals surface area contributed by atoms with Crippen molar-refractivity contribution in [3.63, 3.8) is 0 Å². The number of ketones is 1. The molecule has 90 valence electrons. The summed E-state index contributed by atoms with van der Waals surface area (Å²) in [6.07, 6.45) is 2.22. The van der Waals surface area contributed by atoms with Gasteiger partial charge < -0.3 is 9.88 Å². The van der Waals surface area contributed by atoms with E-state index in [-0.39, 0.29) is 11.8 Å². The molecular formula is C13H17N3O. The number of nitrogens with one attached hydrogen (secondary N) is 1. The van der Waals surface area contributed by atoms with Gasteiger partial charge in [0, 0.05) is 12.5 Å². The van der Waals surface area contributed by atoms with Gasteiger partial charge >= 0.3 is 0 Å². The summed E-state index contributed by atoms with van der Waals surface area (Å²) in [6.45, 7) is 1.63. The highest BCUT2D eigenvalue weighted by Crippen LogP contribution is 2.24. The minimum Gasteiger partial charge on any atom is -0.345 e. The Kier molecular flexibility index (Phi) is 3.24. The Hall–Kier alpha value is -1.68. The summed E-state index contributed by atoms with van der Waals surface area (Å²) in [5, 5.41) is 0. The van der Waals surface area contributed by atoms with Gasteiger partial charge in [-0.15, -0.1) is 0 Å². The molecule has 1 aromatic heterocycles. The van der Waals surface area contributed by atoms with E-state index >= 15 is 0 Å². The fourth-order valence-corrected chi connectivity index (χ4v) is 2.03. The van der Waals surface area contributed by atoms with Crippen molar-refractivity contribution in [1.29, 1.82) is 0 Å². The maximum Gasteiger partial charge on any atom is 0.131 e. The SMILES string of the molecule is CC(=O)CC(c1ccc2nc[nH]c2c1)N(C)C. The molecule has 1 N–H and O–H groups in total. The van der Waals surface area contributed by atoms with E-state index in [0.717, 1.165) is 16.6 Å². The van der Waals surface area contributed by atoms with Crippen molar-refractivity contribution >= 4 is 16.8 Å². The molecule has 0 bridgehead atoms. The highest BCUT2D eigenvalue weighted by Gasteiger charge is 2.16. The number of imidazole rings is 1. The van der Waals surface area contributed by atoms with Crippen LogP contribution in [0.25, 0.3) is 11.0 Å². The molecule has 0 saturated heterocycles. The smallest absolute Gasteiger partial charge is 0.131 e. The van der Waals surface area contributed by atoms with Crippen molar-refractivity contribution in [2.75, 3.05) is 14.1 Å². The quantitative estimate of drug-likeness (QED) is 0.877. The third kappa shape index (κ3) is 2.53. The Morgan fingerprint density at radius 2 is 2.24 bits per heavy atom. The molecule has 1 unspecified atom stereocenters. The molecule has 0 amide bonds. The molecule has 0 fully saturated rings. The summed E-state index contributed by atoms with van der Waals surface area (Å²) in [7, 11) is 3.98. The first-order valence-electron chi connectivity index (χ1n) is 5.67. The number of nitrogens with zero attached hydrogens (tertiary/aromatic N) is 2. The first kappa shape index (κ1) is 11.8. The van der Waals surface area contributed by atoms with Crippen LogP contribution in [0.4, 0.5) is 0 Å². The van der Waals surface area contributed by atoms with Gasteiger partial charge in [-0.05, 0) is 38.7 Å². The number of hydrogen-bond acceptors (Lipinski definition) is 3. The number of Topliss-reactive ketones (excluding diaryl/α,β-unsaturated/α-hetero) is 1. The van der Waals surface area contributed by atoms with Gasteiger partial charge in [-0.25, -0.2) is 4.98 Å². The number of hydrogen-bond donors (Lipinski definition) is 1. The van der Waals surface area contributed by atoms with E-state index in [0.29, 0.717) is 6.42 Å². The third-order valence-corrected chi connectivity index (χ3v) is 2.93. The van der Waals surface area contributed by atoms with Crippen LogP contribution in [0.2, 0.25) is 0 Å². The number of fused-ring (bicyclic) bond motifs is 1. The zero-order chi connectivity index (χ0) is 12.4. The van der Waals surface area contributed by atoms with Crippen LogP contribution in [0.15, 0.2) is 24.5 Å². The molecule has 0 spiro atoms. The molecule has 0 saturated carbocycles. The van der Waals surface area contributed by atoms with Gasteiger partial charge in [0.15, 0.2) is 0 Å². The molecule has 0 aliphatic carbocycles.